The van der Waals surface area contributed by atoms with Gasteiger partial charge in [0.1, 0.15) is 5.82 Å². The Hall–Kier alpha value is -3.21. The van der Waals surface area contributed by atoms with Crippen LogP contribution in [0, 0.1) is 0 Å². The van der Waals surface area contributed by atoms with Gasteiger partial charge in [-0.2, -0.15) is 0 Å². The van der Waals surface area contributed by atoms with Crippen molar-refractivity contribution in [1.82, 2.24) is 15.5 Å². The maximum Gasteiger partial charge on any atom is 0.251 e. The van der Waals surface area contributed by atoms with Crippen LogP contribution < -0.4 is 10.6 Å². The zero-order valence-corrected chi connectivity index (χ0v) is 15.6. The lowest BCUT2D eigenvalue weighted by Gasteiger charge is -2.12. The Morgan fingerprint density at radius 2 is 1.81 bits per heavy atom. The summed E-state index contributed by atoms with van der Waals surface area (Å²) in [6.07, 6.45) is 0.897. The Labute approximate surface area is 159 Å². The molecule has 0 fully saturated rings. The van der Waals surface area contributed by atoms with Crippen molar-refractivity contribution in [2.75, 3.05) is 5.32 Å². The predicted octanol–water partition coefficient (Wildman–Crippen LogP) is 4.28. The van der Waals surface area contributed by atoms with Gasteiger partial charge in [0.05, 0.1) is 5.69 Å². The maximum absolute atomic E-state index is 12.3. The molecule has 1 aromatic heterocycles. The van der Waals surface area contributed by atoms with Crippen molar-refractivity contribution >= 4 is 11.7 Å². The molecule has 1 atom stereocenters. The van der Waals surface area contributed by atoms with Gasteiger partial charge in [0.2, 0.25) is 0 Å². The van der Waals surface area contributed by atoms with E-state index in [1.807, 2.05) is 68.4 Å². The lowest BCUT2D eigenvalue weighted by atomic mass is 10.1. The highest BCUT2D eigenvalue weighted by atomic mass is 16.1. The van der Waals surface area contributed by atoms with E-state index in [2.05, 4.69) is 33.0 Å². The third kappa shape index (κ3) is 5.14. The Bertz CT molecular complexity index is 878. The molecule has 0 aliphatic heterocycles. The molecule has 2 aromatic carbocycles. The number of nitrogens with one attached hydrogen (secondary N) is 2. The summed E-state index contributed by atoms with van der Waals surface area (Å²) in [5, 5.41) is 14.8. The van der Waals surface area contributed by atoms with Crippen molar-refractivity contribution in [2.45, 2.75) is 32.9 Å². The molecule has 0 aliphatic rings. The molecule has 138 valence electrons. The molecule has 1 heterocycles. The van der Waals surface area contributed by atoms with Crippen LogP contribution in [0.1, 0.15) is 36.2 Å². The van der Waals surface area contributed by atoms with E-state index in [0.717, 1.165) is 17.7 Å². The average molecular weight is 360 g/mol. The topological polar surface area (TPSA) is 66.9 Å². The molecule has 0 aliphatic carbocycles. The summed E-state index contributed by atoms with van der Waals surface area (Å²) in [7, 11) is 0. The van der Waals surface area contributed by atoms with Crippen molar-refractivity contribution in [3.63, 3.8) is 0 Å². The Balaban J connectivity index is 1.68. The van der Waals surface area contributed by atoms with Crippen LogP contribution in [-0.4, -0.2) is 22.1 Å². The molecule has 0 bridgehead atoms. The van der Waals surface area contributed by atoms with Crippen LogP contribution in [0.4, 0.5) is 5.82 Å². The third-order valence-electron chi connectivity index (χ3n) is 4.39. The Morgan fingerprint density at radius 3 is 2.52 bits per heavy atom. The molecule has 2 N–H and O–H groups in total. The smallest absolute Gasteiger partial charge is 0.251 e. The average Bonchev–Trinajstić information content (AvgIpc) is 2.73. The second-order valence-corrected chi connectivity index (χ2v) is 6.51. The van der Waals surface area contributed by atoms with Crippen LogP contribution in [-0.2, 0) is 6.54 Å². The number of nitrogens with zero attached hydrogens (tertiary/aromatic N) is 2. The summed E-state index contributed by atoms with van der Waals surface area (Å²) in [5.74, 6) is 0.647. The molecule has 3 rings (SSSR count). The zero-order valence-electron chi connectivity index (χ0n) is 15.6. The number of benzene rings is 2. The fourth-order valence-corrected chi connectivity index (χ4v) is 2.60. The number of anilines is 1. The van der Waals surface area contributed by atoms with Gasteiger partial charge in [-0.05, 0) is 43.2 Å². The van der Waals surface area contributed by atoms with Crippen LogP contribution in [0.3, 0.4) is 0 Å². The van der Waals surface area contributed by atoms with Crippen LogP contribution in [0.25, 0.3) is 11.3 Å². The minimum atomic E-state index is -0.0692. The molecule has 5 heteroatoms. The monoisotopic (exact) mass is 360 g/mol. The molecule has 27 heavy (non-hydrogen) atoms. The van der Waals surface area contributed by atoms with Gasteiger partial charge in [-0.25, -0.2) is 0 Å². The van der Waals surface area contributed by atoms with E-state index in [1.165, 1.54) is 5.56 Å². The van der Waals surface area contributed by atoms with Crippen molar-refractivity contribution in [3.05, 3.63) is 77.9 Å². The van der Waals surface area contributed by atoms with E-state index in [4.69, 9.17) is 0 Å². The highest BCUT2D eigenvalue weighted by Crippen LogP contribution is 2.19. The number of aromatic nitrogens is 2. The van der Waals surface area contributed by atoms with Crippen molar-refractivity contribution in [1.29, 1.82) is 0 Å². The summed E-state index contributed by atoms with van der Waals surface area (Å²) < 4.78 is 0. The fraction of sp³-hybridized carbons (Fsp3) is 0.227. The molecular formula is C22H24N4O. The molecule has 3 aromatic rings. The Morgan fingerprint density at radius 1 is 1.00 bits per heavy atom. The van der Waals surface area contributed by atoms with Gasteiger partial charge in [-0.1, -0.05) is 49.4 Å². The van der Waals surface area contributed by atoms with Gasteiger partial charge in [-0.15, -0.1) is 10.2 Å². The van der Waals surface area contributed by atoms with E-state index in [1.54, 1.807) is 0 Å². The van der Waals surface area contributed by atoms with Gasteiger partial charge in [-0.3, -0.25) is 4.79 Å². The predicted molar refractivity (Wildman–Crippen MR) is 108 cm³/mol. The first kappa shape index (κ1) is 18.6. The summed E-state index contributed by atoms with van der Waals surface area (Å²) in [6.45, 7) is 4.73. The molecule has 1 unspecified atom stereocenters. The number of rotatable bonds is 7. The standard InChI is InChI=1S/C22H24N4O/c1-3-16(2)24-22(27)19-11-7-10-18(14-19)20-12-13-21(26-25-20)23-15-17-8-5-4-6-9-17/h4-14,16H,3,15H2,1-2H3,(H,23,26)(H,24,27). The molecule has 0 radical (unpaired) electrons. The van der Waals surface area contributed by atoms with Crippen LogP contribution in [0.15, 0.2) is 66.7 Å². The number of amides is 1. The van der Waals surface area contributed by atoms with E-state index >= 15 is 0 Å². The number of hydrogen-bond donors (Lipinski definition) is 2. The lowest BCUT2D eigenvalue weighted by Crippen LogP contribution is -2.31. The largest absolute Gasteiger partial charge is 0.365 e. The van der Waals surface area contributed by atoms with Crippen LogP contribution in [0.5, 0.6) is 0 Å². The SMILES string of the molecule is CCC(C)NC(=O)c1cccc(-c2ccc(NCc3ccccc3)nn2)c1. The number of hydrogen-bond acceptors (Lipinski definition) is 4. The van der Waals surface area contributed by atoms with Gasteiger partial charge in [0.15, 0.2) is 0 Å². The van der Waals surface area contributed by atoms with E-state index in [0.29, 0.717) is 17.9 Å². The first-order valence-electron chi connectivity index (χ1n) is 9.18. The van der Waals surface area contributed by atoms with Gasteiger partial charge < -0.3 is 10.6 Å². The number of carbonyl (C=O) groups excluding carboxylic acids is 1. The van der Waals surface area contributed by atoms with Crippen molar-refractivity contribution < 1.29 is 4.79 Å². The van der Waals surface area contributed by atoms with Crippen molar-refractivity contribution in [3.8, 4) is 11.3 Å². The second-order valence-electron chi connectivity index (χ2n) is 6.51. The zero-order chi connectivity index (χ0) is 19.1. The third-order valence-corrected chi connectivity index (χ3v) is 4.39. The summed E-state index contributed by atoms with van der Waals surface area (Å²) >= 11 is 0. The lowest BCUT2D eigenvalue weighted by molar-refractivity contribution is 0.0939. The van der Waals surface area contributed by atoms with Gasteiger partial charge in [0, 0.05) is 23.7 Å². The quantitative estimate of drug-likeness (QED) is 0.660. The first-order chi connectivity index (χ1) is 13.2. The Kier molecular flexibility index (Phi) is 6.15. The van der Waals surface area contributed by atoms with Crippen LogP contribution >= 0.6 is 0 Å². The van der Waals surface area contributed by atoms with Gasteiger partial charge >= 0.3 is 0 Å². The molecule has 0 saturated carbocycles. The molecular weight excluding hydrogens is 336 g/mol. The molecule has 0 spiro atoms. The fourth-order valence-electron chi connectivity index (χ4n) is 2.60. The van der Waals surface area contributed by atoms with Gasteiger partial charge in [0.25, 0.3) is 5.91 Å². The summed E-state index contributed by atoms with van der Waals surface area (Å²) in [6, 6.07) is 21.5. The summed E-state index contributed by atoms with van der Waals surface area (Å²) in [5.41, 5.74) is 3.41. The molecule has 1 amide bonds. The van der Waals surface area contributed by atoms with E-state index < -0.39 is 0 Å². The van der Waals surface area contributed by atoms with Crippen LogP contribution in [0.2, 0.25) is 0 Å². The normalized spacial score (nSPS) is 11.6. The molecule has 5 nitrogen and oxygen atoms in total. The maximum atomic E-state index is 12.3. The highest BCUT2D eigenvalue weighted by molar-refractivity contribution is 5.95. The minimum absolute atomic E-state index is 0.0692. The van der Waals surface area contributed by atoms with E-state index in [9.17, 15) is 4.79 Å². The second kappa shape index (κ2) is 8.94. The number of carbonyl (C=O) groups is 1. The highest BCUT2D eigenvalue weighted by Gasteiger charge is 2.10. The minimum Gasteiger partial charge on any atom is -0.365 e. The van der Waals surface area contributed by atoms with Crippen molar-refractivity contribution in [2.24, 2.45) is 0 Å². The molecule has 0 saturated heterocycles. The summed E-state index contributed by atoms with van der Waals surface area (Å²) in [4.78, 5) is 12.3. The first-order valence-corrected chi connectivity index (χ1v) is 9.18. The van der Waals surface area contributed by atoms with E-state index in [-0.39, 0.29) is 11.9 Å².